The molecule has 2 N–H and O–H groups in total. The van der Waals surface area contributed by atoms with Crippen molar-refractivity contribution in [2.24, 2.45) is 0 Å². The molecule has 3 nitrogen and oxygen atoms in total. The van der Waals surface area contributed by atoms with Crippen molar-refractivity contribution in [2.75, 3.05) is 0 Å². The van der Waals surface area contributed by atoms with E-state index < -0.39 is 0 Å². The number of allylic oxidation sites excluding steroid dienone is 2. The first kappa shape index (κ1) is 16.5. The van der Waals surface area contributed by atoms with Gasteiger partial charge in [0.2, 0.25) is 0 Å². The zero-order chi connectivity index (χ0) is 17.1. The lowest BCUT2D eigenvalue weighted by Crippen LogP contribution is -2.12. The summed E-state index contributed by atoms with van der Waals surface area (Å²) < 4.78 is 0.594. The third-order valence-electron chi connectivity index (χ3n) is 4.09. The molecule has 0 aromatic heterocycles. The number of aromatic hydroxyl groups is 1. The van der Waals surface area contributed by atoms with Crippen LogP contribution in [-0.4, -0.2) is 16.0 Å². The Labute approximate surface area is 149 Å². The number of phenols is 1. The number of benzene rings is 2. The van der Waals surface area contributed by atoms with E-state index in [-0.39, 0.29) is 17.3 Å². The van der Waals surface area contributed by atoms with Crippen LogP contribution in [-0.2, 0) is 0 Å². The summed E-state index contributed by atoms with van der Waals surface area (Å²) in [5.74, 6) is 0.130. The van der Waals surface area contributed by atoms with Crippen LogP contribution in [0.15, 0.2) is 69.9 Å². The normalized spacial score (nSPS) is 16.5. The van der Waals surface area contributed by atoms with Crippen molar-refractivity contribution >= 4 is 27.8 Å². The van der Waals surface area contributed by atoms with E-state index in [2.05, 4.69) is 15.9 Å². The number of phenolic OH excluding ortho intramolecular Hbond substituents is 1. The van der Waals surface area contributed by atoms with Crippen LogP contribution < -0.4 is 0 Å². The van der Waals surface area contributed by atoms with E-state index in [9.17, 15) is 15.0 Å². The molecule has 3 rings (SSSR count). The van der Waals surface area contributed by atoms with Crippen molar-refractivity contribution < 1.29 is 15.0 Å². The van der Waals surface area contributed by atoms with Gasteiger partial charge in [-0.25, -0.2) is 0 Å². The summed E-state index contributed by atoms with van der Waals surface area (Å²) in [4.78, 5) is 12.6. The highest BCUT2D eigenvalue weighted by Crippen LogP contribution is 2.32. The maximum Gasteiger partial charge on any atom is 0.192 e. The first-order valence-corrected chi connectivity index (χ1v) is 8.57. The molecule has 1 aliphatic carbocycles. The second kappa shape index (κ2) is 7.05. The van der Waals surface area contributed by atoms with Gasteiger partial charge in [0.15, 0.2) is 5.78 Å². The highest BCUT2D eigenvalue weighted by atomic mass is 79.9. The van der Waals surface area contributed by atoms with Crippen molar-refractivity contribution in [1.29, 1.82) is 0 Å². The molecule has 122 valence electrons. The molecular formula is C20H17BrO3. The molecule has 0 heterocycles. The Bertz CT molecular complexity index is 835. The molecule has 0 bridgehead atoms. The topological polar surface area (TPSA) is 57.5 Å². The highest BCUT2D eigenvalue weighted by Gasteiger charge is 2.23. The van der Waals surface area contributed by atoms with Gasteiger partial charge >= 0.3 is 0 Å². The van der Waals surface area contributed by atoms with E-state index in [0.29, 0.717) is 22.0 Å². The third kappa shape index (κ3) is 3.44. The van der Waals surface area contributed by atoms with Crippen LogP contribution in [0.4, 0.5) is 0 Å². The van der Waals surface area contributed by atoms with Crippen LogP contribution in [0.2, 0.25) is 0 Å². The molecular weight excluding hydrogens is 368 g/mol. The molecule has 4 heteroatoms. The van der Waals surface area contributed by atoms with E-state index in [1.54, 1.807) is 30.3 Å². The molecule has 2 aromatic rings. The quantitative estimate of drug-likeness (QED) is 0.694. The number of aliphatic hydroxyl groups is 1. The average Bonchev–Trinajstić information content (AvgIpc) is 2.60. The van der Waals surface area contributed by atoms with Gasteiger partial charge in [-0.1, -0.05) is 36.4 Å². The monoisotopic (exact) mass is 384 g/mol. The molecule has 0 unspecified atom stereocenters. The molecule has 0 aliphatic heterocycles. The number of Topliss-reactive ketones (excluding diaryl/α,β-unsaturated/α-hetero) is 1. The number of hydrogen-bond acceptors (Lipinski definition) is 3. The molecule has 0 atom stereocenters. The molecule has 24 heavy (non-hydrogen) atoms. The van der Waals surface area contributed by atoms with Crippen molar-refractivity contribution in [2.45, 2.75) is 19.3 Å². The zero-order valence-electron chi connectivity index (χ0n) is 13.0. The van der Waals surface area contributed by atoms with Gasteiger partial charge in [0, 0.05) is 11.1 Å². The molecule has 0 radical (unpaired) electrons. The predicted molar refractivity (Wildman–Crippen MR) is 98.1 cm³/mol. The number of ketones is 1. The van der Waals surface area contributed by atoms with Gasteiger partial charge in [0.25, 0.3) is 0 Å². The largest absolute Gasteiger partial charge is 0.507 e. The minimum atomic E-state index is -0.120. The fourth-order valence-electron chi connectivity index (χ4n) is 2.83. The van der Waals surface area contributed by atoms with Crippen molar-refractivity contribution in [3.63, 3.8) is 0 Å². The number of rotatable bonds is 3. The van der Waals surface area contributed by atoms with Crippen molar-refractivity contribution in [3.05, 3.63) is 81.0 Å². The number of halogens is 1. The van der Waals surface area contributed by atoms with Gasteiger partial charge in [0.1, 0.15) is 11.5 Å². The van der Waals surface area contributed by atoms with Gasteiger partial charge in [-0.3, -0.25) is 4.79 Å². The molecule has 2 aromatic carbocycles. The van der Waals surface area contributed by atoms with Crippen molar-refractivity contribution in [1.82, 2.24) is 0 Å². The maximum absolute atomic E-state index is 12.6. The van der Waals surface area contributed by atoms with Crippen LogP contribution in [0.1, 0.15) is 35.2 Å². The minimum Gasteiger partial charge on any atom is -0.507 e. The molecule has 0 amide bonds. The van der Waals surface area contributed by atoms with Gasteiger partial charge in [0.05, 0.1) is 4.47 Å². The summed E-state index contributed by atoms with van der Waals surface area (Å²) in [6.45, 7) is 0. The Morgan fingerprint density at radius 3 is 2.50 bits per heavy atom. The summed E-state index contributed by atoms with van der Waals surface area (Å²) in [5, 5.41) is 20.1. The Hall–Kier alpha value is -2.33. The number of carbonyl (C=O) groups is 1. The predicted octanol–water partition coefficient (Wildman–Crippen LogP) is 5.42. The van der Waals surface area contributed by atoms with E-state index in [1.807, 2.05) is 24.3 Å². The number of aliphatic hydroxyl groups excluding tert-OH is 1. The molecule has 0 spiro atoms. The lowest BCUT2D eigenvalue weighted by Gasteiger charge is -2.18. The lowest BCUT2D eigenvalue weighted by atomic mass is 9.88. The Kier molecular flexibility index (Phi) is 4.86. The van der Waals surface area contributed by atoms with Crippen LogP contribution in [0.5, 0.6) is 5.75 Å². The van der Waals surface area contributed by atoms with E-state index in [0.717, 1.165) is 24.0 Å². The standard InChI is InChI=1S/C20H17BrO3/c21-17-12-13(9-10-18(17)22)11-15-7-4-8-16(20(15)24)19(23)14-5-2-1-3-6-14/h1-3,5-6,9-12,22,24H,4,7-8H2/b15-11+. The van der Waals surface area contributed by atoms with Gasteiger partial charge in [-0.15, -0.1) is 0 Å². The highest BCUT2D eigenvalue weighted by molar-refractivity contribution is 9.10. The average molecular weight is 385 g/mol. The van der Waals surface area contributed by atoms with E-state index in [1.165, 1.54) is 0 Å². The summed E-state index contributed by atoms with van der Waals surface area (Å²) in [6, 6.07) is 14.2. The van der Waals surface area contributed by atoms with Gasteiger partial charge < -0.3 is 10.2 Å². The smallest absolute Gasteiger partial charge is 0.192 e. The third-order valence-corrected chi connectivity index (χ3v) is 4.72. The summed E-state index contributed by atoms with van der Waals surface area (Å²) in [6.07, 6.45) is 3.98. The molecule has 0 fully saturated rings. The van der Waals surface area contributed by atoms with Crippen LogP contribution >= 0.6 is 15.9 Å². The van der Waals surface area contributed by atoms with Gasteiger partial charge in [-0.05, 0) is 64.5 Å². The van der Waals surface area contributed by atoms with E-state index in [4.69, 9.17) is 0 Å². The molecule has 0 saturated heterocycles. The Morgan fingerprint density at radius 1 is 1.04 bits per heavy atom. The maximum atomic E-state index is 12.6. The second-order valence-corrected chi connectivity index (χ2v) is 6.61. The number of carbonyl (C=O) groups excluding carboxylic acids is 1. The van der Waals surface area contributed by atoms with Gasteiger partial charge in [-0.2, -0.15) is 0 Å². The number of hydrogen-bond donors (Lipinski definition) is 2. The van der Waals surface area contributed by atoms with Crippen LogP contribution in [0, 0.1) is 0 Å². The fraction of sp³-hybridized carbons (Fsp3) is 0.150. The summed E-state index contributed by atoms with van der Waals surface area (Å²) in [5.41, 5.74) is 2.66. The van der Waals surface area contributed by atoms with Crippen molar-refractivity contribution in [3.8, 4) is 5.75 Å². The second-order valence-electron chi connectivity index (χ2n) is 5.76. The lowest BCUT2D eigenvalue weighted by molar-refractivity contribution is 0.102. The minimum absolute atomic E-state index is 0.0827. The summed E-state index contributed by atoms with van der Waals surface area (Å²) in [7, 11) is 0. The summed E-state index contributed by atoms with van der Waals surface area (Å²) >= 11 is 3.28. The molecule has 0 saturated carbocycles. The van der Waals surface area contributed by atoms with Crippen LogP contribution in [0.25, 0.3) is 6.08 Å². The Balaban J connectivity index is 1.96. The van der Waals surface area contributed by atoms with Crippen LogP contribution in [0.3, 0.4) is 0 Å². The van der Waals surface area contributed by atoms with E-state index >= 15 is 0 Å². The Morgan fingerprint density at radius 2 is 1.79 bits per heavy atom. The fourth-order valence-corrected chi connectivity index (χ4v) is 3.22. The first-order chi connectivity index (χ1) is 11.6. The zero-order valence-corrected chi connectivity index (χ0v) is 14.6. The first-order valence-electron chi connectivity index (χ1n) is 7.77. The SMILES string of the molecule is O=C(C1=C(O)/C(=C/c2ccc(O)c(Br)c2)CCC1)c1ccccc1. The molecule has 1 aliphatic rings.